The molecule has 1 amide bonds. The summed E-state index contributed by atoms with van der Waals surface area (Å²) in [6.45, 7) is 1.97. The minimum absolute atomic E-state index is 0.0241. The van der Waals surface area contributed by atoms with Gasteiger partial charge in [0.15, 0.2) is 0 Å². The molecule has 0 fully saturated rings. The van der Waals surface area contributed by atoms with E-state index in [2.05, 4.69) is 20.7 Å². The molecule has 0 aliphatic rings. The summed E-state index contributed by atoms with van der Waals surface area (Å²) in [6.07, 6.45) is 0. The number of tetrazole rings is 1. The maximum Gasteiger partial charge on any atom is 0.244 e. The molecule has 1 aromatic carbocycles. The van der Waals surface area contributed by atoms with Crippen LogP contribution in [0, 0.1) is 0 Å². The molecule has 0 saturated heterocycles. The summed E-state index contributed by atoms with van der Waals surface area (Å²) in [5, 5.41) is 17.6. The summed E-state index contributed by atoms with van der Waals surface area (Å²) < 4.78 is 0. The van der Waals surface area contributed by atoms with Gasteiger partial charge in [-0.25, -0.2) is 0 Å². The average molecular weight is 348 g/mol. The maximum absolute atomic E-state index is 12.1. The zero-order valence-corrected chi connectivity index (χ0v) is 13.9. The summed E-state index contributed by atoms with van der Waals surface area (Å²) >= 11 is 7.46. The molecular formula is C15H14ClN5OS. The Kier molecular flexibility index (Phi) is 4.68. The van der Waals surface area contributed by atoms with Crippen molar-refractivity contribution in [3.8, 4) is 11.4 Å². The zero-order valence-electron chi connectivity index (χ0n) is 12.3. The molecule has 0 unspecified atom stereocenters. The first-order valence-electron chi connectivity index (χ1n) is 6.98. The molecule has 3 rings (SSSR count). The highest BCUT2D eigenvalue weighted by Gasteiger charge is 2.13. The molecule has 2 heterocycles. The van der Waals surface area contributed by atoms with E-state index in [1.54, 1.807) is 23.5 Å². The molecule has 1 N–H and O–H groups in total. The third-order valence-electron chi connectivity index (χ3n) is 3.19. The van der Waals surface area contributed by atoms with E-state index < -0.39 is 0 Å². The van der Waals surface area contributed by atoms with E-state index in [-0.39, 0.29) is 18.5 Å². The second kappa shape index (κ2) is 6.89. The van der Waals surface area contributed by atoms with Crippen LogP contribution in [0.5, 0.6) is 0 Å². The molecule has 1 atom stereocenters. The zero-order chi connectivity index (χ0) is 16.2. The van der Waals surface area contributed by atoms with Crippen LogP contribution in [0.15, 0.2) is 41.8 Å². The monoisotopic (exact) mass is 347 g/mol. The van der Waals surface area contributed by atoms with Crippen LogP contribution >= 0.6 is 22.9 Å². The Labute approximate surface area is 142 Å². The molecule has 118 valence electrons. The van der Waals surface area contributed by atoms with E-state index in [1.807, 2.05) is 36.6 Å². The van der Waals surface area contributed by atoms with Crippen molar-refractivity contribution in [2.45, 2.75) is 19.5 Å². The van der Waals surface area contributed by atoms with Gasteiger partial charge < -0.3 is 5.32 Å². The van der Waals surface area contributed by atoms with E-state index in [1.165, 1.54) is 4.80 Å². The highest BCUT2D eigenvalue weighted by atomic mass is 35.5. The first-order chi connectivity index (χ1) is 11.1. The molecule has 23 heavy (non-hydrogen) atoms. The van der Waals surface area contributed by atoms with Crippen molar-refractivity contribution < 1.29 is 4.79 Å². The fourth-order valence-electron chi connectivity index (χ4n) is 2.05. The Morgan fingerprint density at radius 3 is 2.83 bits per heavy atom. The quantitative estimate of drug-likeness (QED) is 0.770. The van der Waals surface area contributed by atoms with Crippen LogP contribution in [-0.4, -0.2) is 26.1 Å². The van der Waals surface area contributed by atoms with Gasteiger partial charge in [-0.15, -0.1) is 21.5 Å². The number of carbonyl (C=O) groups excluding carboxylic acids is 1. The fourth-order valence-corrected chi connectivity index (χ4v) is 2.91. The van der Waals surface area contributed by atoms with Crippen LogP contribution in [0.1, 0.15) is 17.8 Å². The maximum atomic E-state index is 12.1. The summed E-state index contributed by atoms with van der Waals surface area (Å²) in [5.41, 5.74) is 0.799. The second-order valence-corrected chi connectivity index (χ2v) is 6.37. The predicted octanol–water partition coefficient (Wildman–Crippen LogP) is 2.93. The van der Waals surface area contributed by atoms with Gasteiger partial charge in [0.2, 0.25) is 11.7 Å². The minimum Gasteiger partial charge on any atom is -0.347 e. The summed E-state index contributed by atoms with van der Waals surface area (Å²) in [7, 11) is 0. The molecule has 8 heteroatoms. The van der Waals surface area contributed by atoms with Gasteiger partial charge in [-0.2, -0.15) is 4.80 Å². The van der Waals surface area contributed by atoms with Gasteiger partial charge in [0.05, 0.1) is 6.04 Å². The third kappa shape index (κ3) is 3.94. The van der Waals surface area contributed by atoms with Crippen LogP contribution in [0.3, 0.4) is 0 Å². The summed E-state index contributed by atoms with van der Waals surface area (Å²) in [6, 6.07) is 11.0. The standard InChI is InChI=1S/C15H14ClN5OS/c1-10(13-3-2-8-23-13)17-14(22)9-21-19-15(18-20-21)11-4-6-12(16)7-5-11/h2-8,10H,9H2,1H3,(H,17,22)/t10-/m0/s1. The molecule has 0 spiro atoms. The van der Waals surface area contributed by atoms with Crippen molar-refractivity contribution in [2.75, 3.05) is 0 Å². The Morgan fingerprint density at radius 2 is 2.13 bits per heavy atom. The molecule has 6 nitrogen and oxygen atoms in total. The first-order valence-corrected chi connectivity index (χ1v) is 8.24. The Bertz CT molecular complexity index is 785. The van der Waals surface area contributed by atoms with E-state index >= 15 is 0 Å². The molecule has 2 aromatic heterocycles. The highest BCUT2D eigenvalue weighted by molar-refractivity contribution is 7.10. The van der Waals surface area contributed by atoms with Gasteiger partial charge in [-0.3, -0.25) is 4.79 Å². The van der Waals surface area contributed by atoms with Crippen molar-refractivity contribution in [3.63, 3.8) is 0 Å². The first kappa shape index (κ1) is 15.6. The predicted molar refractivity (Wildman–Crippen MR) is 89.1 cm³/mol. The van der Waals surface area contributed by atoms with Gasteiger partial charge in [-0.05, 0) is 47.8 Å². The smallest absolute Gasteiger partial charge is 0.244 e. The van der Waals surface area contributed by atoms with Gasteiger partial charge in [0.1, 0.15) is 6.54 Å². The SMILES string of the molecule is C[C@H](NC(=O)Cn1nnc(-c2ccc(Cl)cc2)n1)c1cccs1. The number of nitrogens with zero attached hydrogens (tertiary/aromatic N) is 4. The molecule has 3 aromatic rings. The van der Waals surface area contributed by atoms with Crippen LogP contribution in [-0.2, 0) is 11.3 Å². The number of benzene rings is 1. The van der Waals surface area contributed by atoms with Crippen molar-refractivity contribution >= 4 is 28.8 Å². The summed E-state index contributed by atoms with van der Waals surface area (Å²) in [4.78, 5) is 14.4. The van der Waals surface area contributed by atoms with Gasteiger partial charge >= 0.3 is 0 Å². The number of thiophene rings is 1. The molecule has 0 bridgehead atoms. The van der Waals surface area contributed by atoms with Gasteiger partial charge in [0.25, 0.3) is 0 Å². The van der Waals surface area contributed by atoms with Crippen LogP contribution < -0.4 is 5.32 Å². The average Bonchev–Trinajstić information content (AvgIpc) is 3.19. The van der Waals surface area contributed by atoms with Crippen molar-refractivity contribution in [2.24, 2.45) is 0 Å². The minimum atomic E-state index is -0.161. The number of carbonyl (C=O) groups is 1. The number of hydrogen-bond acceptors (Lipinski definition) is 5. The number of aromatic nitrogens is 4. The Balaban J connectivity index is 1.62. The Hall–Kier alpha value is -2.25. The lowest BCUT2D eigenvalue weighted by Gasteiger charge is -2.11. The highest BCUT2D eigenvalue weighted by Crippen LogP contribution is 2.18. The van der Waals surface area contributed by atoms with Crippen LogP contribution in [0.2, 0.25) is 5.02 Å². The number of hydrogen-bond donors (Lipinski definition) is 1. The van der Waals surface area contributed by atoms with E-state index in [0.717, 1.165) is 10.4 Å². The van der Waals surface area contributed by atoms with E-state index in [0.29, 0.717) is 10.8 Å². The lowest BCUT2D eigenvalue weighted by molar-refractivity contribution is -0.122. The third-order valence-corrected chi connectivity index (χ3v) is 4.49. The van der Waals surface area contributed by atoms with Gasteiger partial charge in [0, 0.05) is 15.5 Å². The largest absolute Gasteiger partial charge is 0.347 e. The number of rotatable bonds is 5. The fraction of sp³-hybridized carbons (Fsp3) is 0.200. The van der Waals surface area contributed by atoms with Crippen LogP contribution in [0.25, 0.3) is 11.4 Å². The summed E-state index contributed by atoms with van der Waals surface area (Å²) in [5.74, 6) is 0.298. The van der Waals surface area contributed by atoms with Crippen LogP contribution in [0.4, 0.5) is 0 Å². The van der Waals surface area contributed by atoms with Crippen molar-refractivity contribution in [1.29, 1.82) is 0 Å². The molecule has 0 saturated carbocycles. The lowest BCUT2D eigenvalue weighted by atomic mass is 10.2. The Morgan fingerprint density at radius 1 is 1.35 bits per heavy atom. The van der Waals surface area contributed by atoms with E-state index in [4.69, 9.17) is 11.6 Å². The number of nitrogens with one attached hydrogen (secondary N) is 1. The number of amides is 1. The topological polar surface area (TPSA) is 72.7 Å². The molecule has 0 radical (unpaired) electrons. The second-order valence-electron chi connectivity index (χ2n) is 4.95. The number of halogens is 1. The van der Waals surface area contributed by atoms with Crippen molar-refractivity contribution in [3.05, 3.63) is 51.7 Å². The van der Waals surface area contributed by atoms with Gasteiger partial charge in [-0.1, -0.05) is 17.7 Å². The van der Waals surface area contributed by atoms with E-state index in [9.17, 15) is 4.79 Å². The molecule has 0 aliphatic carbocycles. The molecular weight excluding hydrogens is 334 g/mol. The van der Waals surface area contributed by atoms with Crippen molar-refractivity contribution in [1.82, 2.24) is 25.5 Å². The molecule has 0 aliphatic heterocycles. The normalized spacial score (nSPS) is 12.1. The lowest BCUT2D eigenvalue weighted by Crippen LogP contribution is -2.30.